The molecule has 1 fully saturated rings. The van der Waals surface area contributed by atoms with Crippen LogP contribution in [-0.2, 0) is 13.5 Å². The average molecular weight is 263 g/mol. The molecular formula is C16H29N3. The van der Waals surface area contributed by atoms with Gasteiger partial charge in [-0.2, -0.15) is 5.10 Å². The van der Waals surface area contributed by atoms with Crippen molar-refractivity contribution < 1.29 is 0 Å². The highest BCUT2D eigenvalue weighted by Gasteiger charge is 2.39. The van der Waals surface area contributed by atoms with Crippen molar-refractivity contribution in [2.24, 2.45) is 18.4 Å². The Morgan fingerprint density at radius 3 is 2.84 bits per heavy atom. The summed E-state index contributed by atoms with van der Waals surface area (Å²) in [5.41, 5.74) is 1.84. The van der Waals surface area contributed by atoms with Gasteiger partial charge in [0.15, 0.2) is 0 Å². The summed E-state index contributed by atoms with van der Waals surface area (Å²) < 4.78 is 1.91. The maximum absolute atomic E-state index is 4.30. The second-order valence-corrected chi connectivity index (χ2v) is 6.77. The van der Waals surface area contributed by atoms with Gasteiger partial charge in [-0.1, -0.05) is 27.2 Å². The smallest absolute Gasteiger partial charge is 0.0522 e. The van der Waals surface area contributed by atoms with E-state index >= 15 is 0 Å². The molecule has 1 aromatic heterocycles. The largest absolute Gasteiger partial charge is 0.313 e. The monoisotopic (exact) mass is 263 g/mol. The number of nitrogens with one attached hydrogen (secondary N) is 1. The first-order valence-corrected chi connectivity index (χ1v) is 7.74. The lowest BCUT2D eigenvalue weighted by Crippen LogP contribution is -2.42. The fraction of sp³-hybridized carbons (Fsp3) is 0.812. The molecule has 1 aromatic rings. The van der Waals surface area contributed by atoms with Crippen LogP contribution < -0.4 is 5.32 Å². The number of nitrogens with zero attached hydrogens (tertiary/aromatic N) is 2. The highest BCUT2D eigenvalue weighted by Crippen LogP contribution is 2.44. The van der Waals surface area contributed by atoms with Crippen molar-refractivity contribution in [1.29, 1.82) is 0 Å². The Labute approximate surface area is 117 Å². The van der Waals surface area contributed by atoms with E-state index in [0.717, 1.165) is 18.9 Å². The summed E-state index contributed by atoms with van der Waals surface area (Å²) in [6.07, 6.45) is 10.6. The van der Waals surface area contributed by atoms with Gasteiger partial charge in [0.2, 0.25) is 0 Å². The number of aryl methyl sites for hydroxylation is 1. The predicted octanol–water partition coefficient (Wildman–Crippen LogP) is 3.16. The maximum Gasteiger partial charge on any atom is 0.0522 e. The van der Waals surface area contributed by atoms with Gasteiger partial charge in [0.25, 0.3) is 0 Å². The zero-order valence-corrected chi connectivity index (χ0v) is 12.9. The lowest BCUT2D eigenvalue weighted by Gasteiger charge is -2.35. The van der Waals surface area contributed by atoms with E-state index in [1.807, 2.05) is 17.9 Å². The van der Waals surface area contributed by atoms with E-state index in [2.05, 4.69) is 37.4 Å². The molecular weight excluding hydrogens is 234 g/mol. The van der Waals surface area contributed by atoms with Gasteiger partial charge in [-0.05, 0) is 49.1 Å². The molecule has 0 amide bonds. The zero-order chi connectivity index (χ0) is 13.9. The first-order valence-electron chi connectivity index (χ1n) is 7.74. The topological polar surface area (TPSA) is 29.9 Å². The van der Waals surface area contributed by atoms with Gasteiger partial charge in [0.05, 0.1) is 6.20 Å². The minimum atomic E-state index is 0.480. The number of aromatic nitrogens is 2. The van der Waals surface area contributed by atoms with E-state index in [0.29, 0.717) is 11.5 Å². The number of rotatable bonds is 6. The molecule has 0 bridgehead atoms. The summed E-state index contributed by atoms with van der Waals surface area (Å²) in [4.78, 5) is 0. The van der Waals surface area contributed by atoms with Crippen LogP contribution in [0.25, 0.3) is 0 Å². The van der Waals surface area contributed by atoms with Gasteiger partial charge >= 0.3 is 0 Å². The van der Waals surface area contributed by atoms with E-state index in [-0.39, 0.29) is 0 Å². The average Bonchev–Trinajstić information content (AvgIpc) is 2.90. The maximum atomic E-state index is 4.30. The normalized spacial score (nSPS) is 23.7. The van der Waals surface area contributed by atoms with Crippen molar-refractivity contribution in [3.63, 3.8) is 0 Å². The van der Waals surface area contributed by atoms with Crippen LogP contribution in [-0.4, -0.2) is 22.4 Å². The van der Waals surface area contributed by atoms with Crippen LogP contribution in [0.2, 0.25) is 0 Å². The van der Waals surface area contributed by atoms with Gasteiger partial charge in [-0.3, -0.25) is 4.68 Å². The van der Waals surface area contributed by atoms with Gasteiger partial charge in [-0.15, -0.1) is 0 Å². The van der Waals surface area contributed by atoms with Crippen LogP contribution >= 0.6 is 0 Å². The molecule has 1 heterocycles. The Hall–Kier alpha value is -0.830. The molecule has 2 unspecified atom stereocenters. The molecule has 0 radical (unpaired) electrons. The molecule has 2 atom stereocenters. The SMILES string of the molecule is CCCNC(Cc1cnn(C)c1)C1CCCC1(C)C. The molecule has 1 aliphatic carbocycles. The van der Waals surface area contributed by atoms with Crippen molar-refractivity contribution in [2.45, 2.75) is 58.9 Å². The molecule has 1 saturated carbocycles. The van der Waals surface area contributed by atoms with Gasteiger partial charge in [0, 0.05) is 19.3 Å². The van der Waals surface area contributed by atoms with Crippen molar-refractivity contribution in [3.05, 3.63) is 18.0 Å². The Bertz CT molecular complexity index is 394. The molecule has 108 valence electrons. The van der Waals surface area contributed by atoms with Crippen LogP contribution in [0.3, 0.4) is 0 Å². The summed E-state index contributed by atoms with van der Waals surface area (Å²) in [5.74, 6) is 0.791. The van der Waals surface area contributed by atoms with E-state index in [1.54, 1.807) is 0 Å². The van der Waals surface area contributed by atoms with Crippen LogP contribution in [0.1, 0.15) is 52.0 Å². The molecule has 2 rings (SSSR count). The minimum absolute atomic E-state index is 0.480. The fourth-order valence-electron chi connectivity index (χ4n) is 3.62. The van der Waals surface area contributed by atoms with Crippen LogP contribution in [0, 0.1) is 11.3 Å². The van der Waals surface area contributed by atoms with Gasteiger partial charge < -0.3 is 5.32 Å². The standard InChI is InChI=1S/C16H29N3/c1-5-9-17-15(10-13-11-18-19(4)12-13)14-7-6-8-16(14,2)3/h11-12,14-15,17H,5-10H2,1-4H3. The Kier molecular flexibility index (Phi) is 4.67. The third-order valence-corrected chi connectivity index (χ3v) is 4.70. The lowest BCUT2D eigenvalue weighted by atomic mass is 9.76. The molecule has 0 aromatic carbocycles. The summed E-state index contributed by atoms with van der Waals surface area (Å²) in [6, 6.07) is 0.599. The minimum Gasteiger partial charge on any atom is -0.313 e. The highest BCUT2D eigenvalue weighted by atomic mass is 15.2. The summed E-state index contributed by atoms with van der Waals surface area (Å²) >= 11 is 0. The van der Waals surface area contributed by atoms with Crippen LogP contribution in [0.4, 0.5) is 0 Å². The third kappa shape index (κ3) is 3.59. The Balaban J connectivity index is 2.07. The van der Waals surface area contributed by atoms with Crippen molar-refractivity contribution >= 4 is 0 Å². The molecule has 1 aliphatic rings. The summed E-state index contributed by atoms with van der Waals surface area (Å²) in [5, 5.41) is 8.09. The molecule has 0 aliphatic heterocycles. The highest BCUT2D eigenvalue weighted by molar-refractivity contribution is 5.08. The summed E-state index contributed by atoms with van der Waals surface area (Å²) in [6.45, 7) is 8.24. The van der Waals surface area contributed by atoms with E-state index in [9.17, 15) is 0 Å². The first kappa shape index (κ1) is 14.6. The van der Waals surface area contributed by atoms with Gasteiger partial charge in [-0.25, -0.2) is 0 Å². The molecule has 0 saturated heterocycles. The summed E-state index contributed by atoms with van der Waals surface area (Å²) in [7, 11) is 2.00. The van der Waals surface area contributed by atoms with E-state index in [1.165, 1.54) is 31.2 Å². The predicted molar refractivity (Wildman–Crippen MR) is 80.1 cm³/mol. The number of hydrogen-bond donors (Lipinski definition) is 1. The first-order chi connectivity index (χ1) is 9.03. The van der Waals surface area contributed by atoms with E-state index in [4.69, 9.17) is 0 Å². The third-order valence-electron chi connectivity index (χ3n) is 4.70. The molecule has 1 N–H and O–H groups in total. The van der Waals surface area contributed by atoms with Crippen LogP contribution in [0.5, 0.6) is 0 Å². The van der Waals surface area contributed by atoms with Crippen LogP contribution in [0.15, 0.2) is 12.4 Å². The van der Waals surface area contributed by atoms with Gasteiger partial charge in [0.1, 0.15) is 0 Å². The van der Waals surface area contributed by atoms with Crippen molar-refractivity contribution in [3.8, 4) is 0 Å². The zero-order valence-electron chi connectivity index (χ0n) is 12.9. The second-order valence-electron chi connectivity index (χ2n) is 6.77. The molecule has 0 spiro atoms. The molecule has 3 heteroatoms. The quantitative estimate of drug-likeness (QED) is 0.854. The Morgan fingerprint density at radius 1 is 1.53 bits per heavy atom. The molecule has 3 nitrogen and oxygen atoms in total. The number of hydrogen-bond acceptors (Lipinski definition) is 2. The lowest BCUT2D eigenvalue weighted by molar-refractivity contribution is 0.195. The van der Waals surface area contributed by atoms with Crippen molar-refractivity contribution in [2.75, 3.05) is 6.54 Å². The fourth-order valence-corrected chi connectivity index (χ4v) is 3.62. The van der Waals surface area contributed by atoms with Crippen molar-refractivity contribution in [1.82, 2.24) is 15.1 Å². The van der Waals surface area contributed by atoms with E-state index < -0.39 is 0 Å². The molecule has 19 heavy (non-hydrogen) atoms. The Morgan fingerprint density at radius 2 is 2.32 bits per heavy atom. The second kappa shape index (κ2) is 6.08.